The van der Waals surface area contributed by atoms with E-state index in [2.05, 4.69) is 92.1 Å². The van der Waals surface area contributed by atoms with Crippen molar-refractivity contribution in [3.05, 3.63) is 72.9 Å². The molecule has 0 aliphatic rings. The molecule has 0 aliphatic carbocycles. The lowest BCUT2D eigenvalue weighted by Crippen LogP contribution is -2.27. The number of ether oxygens (including phenoxy) is 1. The van der Waals surface area contributed by atoms with Crippen LogP contribution in [0.1, 0.15) is 187 Å². The van der Waals surface area contributed by atoms with E-state index in [1.54, 1.807) is 0 Å². The quantitative estimate of drug-likeness (QED) is 0.0240. The number of rotatable bonds is 42. The summed E-state index contributed by atoms with van der Waals surface area (Å²) >= 11 is 0. The fourth-order valence-corrected chi connectivity index (χ4v) is 6.62. The second kappa shape index (κ2) is 44.0. The van der Waals surface area contributed by atoms with E-state index >= 15 is 0 Å². The van der Waals surface area contributed by atoms with Crippen molar-refractivity contribution in [3.63, 3.8) is 0 Å². The summed E-state index contributed by atoms with van der Waals surface area (Å²) in [7, 11) is -4.43. The molecular weight excluding hydrogens is 750 g/mol. The van der Waals surface area contributed by atoms with Crippen LogP contribution in [0, 0.1) is 0 Å². The van der Waals surface area contributed by atoms with Crippen molar-refractivity contribution in [3.8, 4) is 0 Å². The molecule has 0 saturated heterocycles. The van der Waals surface area contributed by atoms with Gasteiger partial charge >= 0.3 is 13.8 Å². The molecule has 9 nitrogen and oxygen atoms in total. The maximum Gasteiger partial charge on any atom is 0.472 e. The van der Waals surface area contributed by atoms with Gasteiger partial charge in [0.15, 0.2) is 0 Å². The highest BCUT2D eigenvalue weighted by atomic mass is 31.2. The predicted molar refractivity (Wildman–Crippen MR) is 243 cm³/mol. The number of allylic oxidation sites excluding steroid dienone is 12. The number of hydrogen-bond donors (Lipinski definition) is 3. The fourth-order valence-electron chi connectivity index (χ4n) is 5.86. The highest BCUT2D eigenvalue weighted by Gasteiger charge is 2.23. The maximum atomic E-state index is 12.1. The average Bonchev–Trinajstić information content (AvgIpc) is 3.21. The molecule has 0 aromatic heterocycles. The summed E-state index contributed by atoms with van der Waals surface area (Å²) in [5.41, 5.74) is 0. The molecule has 0 bridgehead atoms. The minimum absolute atomic E-state index is 0.0599. The van der Waals surface area contributed by atoms with Gasteiger partial charge < -0.3 is 20.1 Å². The molecule has 3 N–H and O–H groups in total. The number of aliphatic hydroxyl groups is 1. The second-order valence-electron chi connectivity index (χ2n) is 15.0. The average molecular weight is 834 g/mol. The van der Waals surface area contributed by atoms with Crippen molar-refractivity contribution in [1.82, 2.24) is 5.32 Å². The van der Waals surface area contributed by atoms with Crippen LogP contribution in [0.3, 0.4) is 0 Å². The van der Waals surface area contributed by atoms with Gasteiger partial charge in [0.1, 0.15) is 12.7 Å². The molecule has 58 heavy (non-hydrogen) atoms. The largest absolute Gasteiger partial charge is 0.472 e. The number of phosphoric acid groups is 1. The van der Waals surface area contributed by atoms with Crippen LogP contribution < -0.4 is 5.32 Å². The first kappa shape index (κ1) is 55.5. The van der Waals surface area contributed by atoms with Gasteiger partial charge in [-0.15, -0.1) is 0 Å². The van der Waals surface area contributed by atoms with Gasteiger partial charge in [0.05, 0.1) is 13.2 Å². The Kier molecular flexibility index (Phi) is 42.1. The van der Waals surface area contributed by atoms with Gasteiger partial charge in [0.25, 0.3) is 0 Å². The summed E-state index contributed by atoms with van der Waals surface area (Å²) in [4.78, 5) is 34.0. The van der Waals surface area contributed by atoms with Crippen molar-refractivity contribution < 1.29 is 37.9 Å². The van der Waals surface area contributed by atoms with E-state index in [0.29, 0.717) is 6.42 Å². The number of hydrogen-bond acceptors (Lipinski definition) is 7. The van der Waals surface area contributed by atoms with Gasteiger partial charge in [0, 0.05) is 19.4 Å². The van der Waals surface area contributed by atoms with Crippen LogP contribution >= 0.6 is 7.82 Å². The Morgan fingerprint density at radius 2 is 0.931 bits per heavy atom. The third kappa shape index (κ3) is 44.6. The number of amides is 1. The molecule has 0 saturated carbocycles. The lowest BCUT2D eigenvalue weighted by Gasteiger charge is -2.15. The first-order valence-corrected chi connectivity index (χ1v) is 24.4. The molecular formula is C48H84NO8P. The lowest BCUT2D eigenvalue weighted by atomic mass is 10.1. The third-order valence-electron chi connectivity index (χ3n) is 9.36. The predicted octanol–water partition coefficient (Wildman–Crippen LogP) is 13.0. The summed E-state index contributed by atoms with van der Waals surface area (Å²) in [5.74, 6) is -0.559. The SMILES string of the molecule is CCCCC/C=C\C/C=C\C/C=C\C/C=C\CCCCCC(=O)NCCOP(=O)(O)OCC(O)COC(=O)CCCCCCCCC/C=C\C/C=C\CCCCCC. The molecule has 1 amide bonds. The minimum atomic E-state index is -4.43. The first-order valence-electron chi connectivity index (χ1n) is 22.9. The van der Waals surface area contributed by atoms with Gasteiger partial charge in [-0.05, 0) is 89.9 Å². The van der Waals surface area contributed by atoms with Gasteiger partial charge in [-0.3, -0.25) is 18.6 Å². The van der Waals surface area contributed by atoms with E-state index in [4.69, 9.17) is 13.8 Å². The van der Waals surface area contributed by atoms with Gasteiger partial charge in [-0.2, -0.15) is 0 Å². The smallest absolute Gasteiger partial charge is 0.463 e. The number of carbonyl (C=O) groups excluding carboxylic acids is 2. The van der Waals surface area contributed by atoms with Crippen LogP contribution in [-0.4, -0.2) is 54.3 Å². The minimum Gasteiger partial charge on any atom is -0.463 e. The number of carbonyl (C=O) groups is 2. The molecule has 0 radical (unpaired) electrons. The normalized spacial score (nSPS) is 13.9. The molecule has 0 fully saturated rings. The molecule has 0 rings (SSSR count). The summed E-state index contributed by atoms with van der Waals surface area (Å²) < 4.78 is 26.9. The number of aliphatic hydroxyl groups excluding tert-OH is 1. The van der Waals surface area contributed by atoms with Gasteiger partial charge in [-0.25, -0.2) is 4.57 Å². The molecule has 2 unspecified atom stereocenters. The first-order chi connectivity index (χ1) is 28.3. The van der Waals surface area contributed by atoms with Crippen LogP contribution in [0.25, 0.3) is 0 Å². The molecule has 0 aliphatic heterocycles. The molecule has 0 heterocycles. The highest BCUT2D eigenvalue weighted by molar-refractivity contribution is 7.47. The lowest BCUT2D eigenvalue weighted by molar-refractivity contribution is -0.147. The standard InChI is InChI=1S/C48H84NO8P/c1-3-5-7-9-11-13-15-17-19-21-23-24-26-28-30-32-34-36-38-40-47(51)49-42-43-56-58(53,54)57-45-46(50)44-55-48(52)41-39-37-35-33-31-29-27-25-22-20-18-16-14-12-10-8-6-4-2/h11,13-14,16-17,19-20,22-24,28,30,46,50H,3-10,12,15,18,21,25-27,29,31-45H2,1-2H3,(H,49,51)(H,53,54)/b13-11-,16-14-,19-17-,22-20-,24-23-,30-28-. The Morgan fingerprint density at radius 1 is 0.534 bits per heavy atom. The molecule has 0 aromatic carbocycles. The van der Waals surface area contributed by atoms with Crippen LogP contribution in [0.5, 0.6) is 0 Å². The second-order valence-corrected chi connectivity index (χ2v) is 16.5. The van der Waals surface area contributed by atoms with Crippen molar-refractivity contribution in [1.29, 1.82) is 0 Å². The Balaban J connectivity index is 3.67. The Morgan fingerprint density at radius 3 is 1.45 bits per heavy atom. The monoisotopic (exact) mass is 834 g/mol. The molecule has 10 heteroatoms. The Bertz CT molecular complexity index is 1180. The Labute approximate surface area is 354 Å². The van der Waals surface area contributed by atoms with Crippen LogP contribution in [0.4, 0.5) is 0 Å². The van der Waals surface area contributed by atoms with Crippen molar-refractivity contribution in [2.75, 3.05) is 26.4 Å². The van der Waals surface area contributed by atoms with Crippen LogP contribution in [0.15, 0.2) is 72.9 Å². The summed E-state index contributed by atoms with van der Waals surface area (Å²) in [6.07, 6.45) is 54.0. The molecule has 0 aromatic rings. The zero-order valence-electron chi connectivity index (χ0n) is 36.7. The summed E-state index contributed by atoms with van der Waals surface area (Å²) in [6, 6.07) is 0. The van der Waals surface area contributed by atoms with Crippen LogP contribution in [0.2, 0.25) is 0 Å². The van der Waals surface area contributed by atoms with Crippen LogP contribution in [-0.2, 0) is 27.9 Å². The zero-order valence-corrected chi connectivity index (χ0v) is 37.6. The zero-order chi connectivity index (χ0) is 42.5. The maximum absolute atomic E-state index is 12.1. The van der Waals surface area contributed by atoms with E-state index < -0.39 is 26.5 Å². The van der Waals surface area contributed by atoms with Crippen molar-refractivity contribution >= 4 is 19.7 Å². The fraction of sp³-hybridized carbons (Fsp3) is 0.708. The van der Waals surface area contributed by atoms with E-state index in [1.165, 1.54) is 77.0 Å². The number of nitrogens with one attached hydrogen (secondary N) is 1. The van der Waals surface area contributed by atoms with E-state index in [9.17, 15) is 24.2 Å². The third-order valence-corrected chi connectivity index (χ3v) is 10.3. The summed E-state index contributed by atoms with van der Waals surface area (Å²) in [5, 5.41) is 12.7. The Hall–Kier alpha value is -2.55. The number of unbranched alkanes of at least 4 members (excludes halogenated alkanes) is 17. The highest BCUT2D eigenvalue weighted by Crippen LogP contribution is 2.42. The molecule has 0 spiro atoms. The number of phosphoric ester groups is 1. The van der Waals surface area contributed by atoms with E-state index in [-0.39, 0.29) is 32.1 Å². The van der Waals surface area contributed by atoms with Crippen molar-refractivity contribution in [2.24, 2.45) is 0 Å². The van der Waals surface area contributed by atoms with Crippen molar-refractivity contribution in [2.45, 2.75) is 193 Å². The molecule has 2 atom stereocenters. The van der Waals surface area contributed by atoms with E-state index in [1.807, 2.05) is 0 Å². The summed E-state index contributed by atoms with van der Waals surface area (Å²) in [6.45, 7) is 3.45. The topological polar surface area (TPSA) is 131 Å². The van der Waals surface area contributed by atoms with Gasteiger partial charge in [0.2, 0.25) is 5.91 Å². The van der Waals surface area contributed by atoms with E-state index in [0.717, 1.165) is 83.5 Å². The molecule has 334 valence electrons. The van der Waals surface area contributed by atoms with Gasteiger partial charge in [-0.1, -0.05) is 157 Å². The number of esters is 1.